The monoisotopic (exact) mass is 261 g/mol. The number of nitrogens with one attached hydrogen (secondary N) is 1. The Bertz CT molecular complexity index is 369. The molecule has 1 aromatic rings. The van der Waals surface area contributed by atoms with Crippen LogP contribution in [0.5, 0.6) is 0 Å². The SMILES string of the molecule is CC(C)NCc1ccccc1COCC1CCCC1. The highest BCUT2D eigenvalue weighted by atomic mass is 16.5. The Morgan fingerprint density at radius 3 is 2.53 bits per heavy atom. The smallest absolute Gasteiger partial charge is 0.0720 e. The van der Waals surface area contributed by atoms with Crippen LogP contribution in [0.4, 0.5) is 0 Å². The average Bonchev–Trinajstić information content (AvgIpc) is 2.91. The highest BCUT2D eigenvalue weighted by Crippen LogP contribution is 2.25. The van der Waals surface area contributed by atoms with E-state index in [-0.39, 0.29) is 0 Å². The molecule has 2 rings (SSSR count). The molecular weight excluding hydrogens is 234 g/mol. The number of ether oxygens (including phenoxy) is 1. The second-order valence-corrected chi connectivity index (χ2v) is 5.97. The highest BCUT2D eigenvalue weighted by molar-refractivity contribution is 5.26. The van der Waals surface area contributed by atoms with Gasteiger partial charge in [0, 0.05) is 19.2 Å². The third-order valence-corrected chi connectivity index (χ3v) is 3.91. The summed E-state index contributed by atoms with van der Waals surface area (Å²) in [4.78, 5) is 0. The van der Waals surface area contributed by atoms with Gasteiger partial charge in [0.2, 0.25) is 0 Å². The van der Waals surface area contributed by atoms with Crippen LogP contribution in [-0.4, -0.2) is 12.6 Å². The van der Waals surface area contributed by atoms with E-state index in [1.807, 2.05) is 0 Å². The fourth-order valence-electron chi connectivity index (χ4n) is 2.70. The fraction of sp³-hybridized carbons (Fsp3) is 0.647. The van der Waals surface area contributed by atoms with Gasteiger partial charge in [-0.15, -0.1) is 0 Å². The molecule has 1 N–H and O–H groups in total. The predicted molar refractivity (Wildman–Crippen MR) is 80.0 cm³/mol. The van der Waals surface area contributed by atoms with Crippen LogP contribution in [0.3, 0.4) is 0 Å². The molecule has 1 aliphatic carbocycles. The van der Waals surface area contributed by atoms with Crippen molar-refractivity contribution < 1.29 is 4.74 Å². The Balaban J connectivity index is 1.80. The molecule has 1 saturated carbocycles. The van der Waals surface area contributed by atoms with E-state index in [0.717, 1.165) is 25.7 Å². The van der Waals surface area contributed by atoms with E-state index in [2.05, 4.69) is 43.4 Å². The molecule has 0 unspecified atom stereocenters. The summed E-state index contributed by atoms with van der Waals surface area (Å²) in [7, 11) is 0. The lowest BCUT2D eigenvalue weighted by atomic mass is 10.1. The molecule has 0 aromatic heterocycles. The van der Waals surface area contributed by atoms with Crippen molar-refractivity contribution in [2.24, 2.45) is 5.92 Å². The number of hydrogen-bond acceptors (Lipinski definition) is 2. The van der Waals surface area contributed by atoms with Crippen molar-refractivity contribution in [3.63, 3.8) is 0 Å². The van der Waals surface area contributed by atoms with Crippen molar-refractivity contribution in [1.29, 1.82) is 0 Å². The standard InChI is InChI=1S/C17H27NO/c1-14(2)18-11-16-9-5-6-10-17(16)13-19-12-15-7-3-4-8-15/h5-6,9-10,14-15,18H,3-4,7-8,11-13H2,1-2H3. The predicted octanol–water partition coefficient (Wildman–Crippen LogP) is 3.89. The molecule has 0 radical (unpaired) electrons. The Morgan fingerprint density at radius 1 is 1.16 bits per heavy atom. The summed E-state index contributed by atoms with van der Waals surface area (Å²) in [6, 6.07) is 9.12. The summed E-state index contributed by atoms with van der Waals surface area (Å²) in [6.07, 6.45) is 5.50. The molecule has 1 aliphatic rings. The van der Waals surface area contributed by atoms with Crippen molar-refractivity contribution in [3.05, 3.63) is 35.4 Å². The molecule has 1 aromatic carbocycles. The topological polar surface area (TPSA) is 21.3 Å². The van der Waals surface area contributed by atoms with Crippen molar-refractivity contribution in [2.75, 3.05) is 6.61 Å². The van der Waals surface area contributed by atoms with Gasteiger partial charge in [-0.1, -0.05) is 51.0 Å². The van der Waals surface area contributed by atoms with E-state index >= 15 is 0 Å². The van der Waals surface area contributed by atoms with E-state index < -0.39 is 0 Å². The number of benzene rings is 1. The Labute approximate surface area is 117 Å². The molecule has 2 nitrogen and oxygen atoms in total. The second-order valence-electron chi connectivity index (χ2n) is 5.97. The Hall–Kier alpha value is -0.860. The van der Waals surface area contributed by atoms with Crippen molar-refractivity contribution in [1.82, 2.24) is 5.32 Å². The molecule has 0 aliphatic heterocycles. The van der Waals surface area contributed by atoms with Crippen LogP contribution >= 0.6 is 0 Å². The van der Waals surface area contributed by atoms with Gasteiger partial charge in [-0.25, -0.2) is 0 Å². The average molecular weight is 261 g/mol. The lowest BCUT2D eigenvalue weighted by molar-refractivity contribution is 0.0883. The van der Waals surface area contributed by atoms with Gasteiger partial charge in [0.1, 0.15) is 0 Å². The van der Waals surface area contributed by atoms with Crippen LogP contribution in [0.1, 0.15) is 50.7 Å². The van der Waals surface area contributed by atoms with E-state index in [1.54, 1.807) is 0 Å². The quantitative estimate of drug-likeness (QED) is 0.804. The summed E-state index contributed by atoms with van der Waals surface area (Å²) >= 11 is 0. The third-order valence-electron chi connectivity index (χ3n) is 3.91. The van der Waals surface area contributed by atoms with Gasteiger partial charge in [-0.2, -0.15) is 0 Å². The van der Waals surface area contributed by atoms with Crippen LogP contribution in [0, 0.1) is 5.92 Å². The molecule has 0 spiro atoms. The van der Waals surface area contributed by atoms with Crippen LogP contribution in [0.15, 0.2) is 24.3 Å². The highest BCUT2D eigenvalue weighted by Gasteiger charge is 2.15. The van der Waals surface area contributed by atoms with Gasteiger partial charge < -0.3 is 10.1 Å². The first-order valence-electron chi connectivity index (χ1n) is 7.63. The van der Waals surface area contributed by atoms with Gasteiger partial charge >= 0.3 is 0 Å². The molecule has 0 bridgehead atoms. The molecule has 0 saturated heterocycles. The summed E-state index contributed by atoms with van der Waals surface area (Å²) in [5, 5.41) is 3.48. The third kappa shape index (κ3) is 4.96. The molecule has 106 valence electrons. The molecule has 0 amide bonds. The van der Waals surface area contributed by atoms with Crippen LogP contribution < -0.4 is 5.32 Å². The van der Waals surface area contributed by atoms with Crippen LogP contribution in [0.25, 0.3) is 0 Å². The maximum Gasteiger partial charge on any atom is 0.0720 e. The molecule has 0 heterocycles. The minimum atomic E-state index is 0.521. The van der Waals surface area contributed by atoms with Gasteiger partial charge in [0.15, 0.2) is 0 Å². The first kappa shape index (κ1) is 14.5. The largest absolute Gasteiger partial charge is 0.376 e. The van der Waals surface area contributed by atoms with Crippen molar-refractivity contribution in [3.8, 4) is 0 Å². The summed E-state index contributed by atoms with van der Waals surface area (Å²) < 4.78 is 5.92. The van der Waals surface area contributed by atoms with E-state index in [1.165, 1.54) is 36.8 Å². The van der Waals surface area contributed by atoms with Gasteiger partial charge in [0.25, 0.3) is 0 Å². The molecule has 19 heavy (non-hydrogen) atoms. The molecule has 0 atom stereocenters. The first-order chi connectivity index (χ1) is 9.25. The lowest BCUT2D eigenvalue weighted by Gasteiger charge is -2.14. The van der Waals surface area contributed by atoms with Crippen LogP contribution in [-0.2, 0) is 17.9 Å². The van der Waals surface area contributed by atoms with Gasteiger partial charge in [-0.3, -0.25) is 0 Å². The van der Waals surface area contributed by atoms with Crippen LogP contribution in [0.2, 0.25) is 0 Å². The summed E-state index contributed by atoms with van der Waals surface area (Å²) in [5.41, 5.74) is 2.69. The number of hydrogen-bond donors (Lipinski definition) is 1. The van der Waals surface area contributed by atoms with Gasteiger partial charge in [-0.05, 0) is 29.9 Å². The van der Waals surface area contributed by atoms with Gasteiger partial charge in [0.05, 0.1) is 6.61 Å². The molecule has 1 fully saturated rings. The van der Waals surface area contributed by atoms with Crippen molar-refractivity contribution >= 4 is 0 Å². The van der Waals surface area contributed by atoms with Crippen molar-refractivity contribution in [2.45, 2.75) is 58.7 Å². The second kappa shape index (κ2) is 7.66. The first-order valence-corrected chi connectivity index (χ1v) is 7.63. The zero-order valence-electron chi connectivity index (χ0n) is 12.3. The zero-order chi connectivity index (χ0) is 13.5. The lowest BCUT2D eigenvalue weighted by Crippen LogP contribution is -2.22. The normalized spacial score (nSPS) is 16.4. The fourth-order valence-corrected chi connectivity index (χ4v) is 2.70. The summed E-state index contributed by atoms with van der Waals surface area (Å²) in [6.45, 7) is 6.98. The Morgan fingerprint density at radius 2 is 1.84 bits per heavy atom. The maximum atomic E-state index is 5.92. The van der Waals surface area contributed by atoms with E-state index in [4.69, 9.17) is 4.74 Å². The minimum Gasteiger partial charge on any atom is -0.376 e. The molecular formula is C17H27NO. The minimum absolute atomic E-state index is 0.521. The number of rotatable bonds is 7. The van der Waals surface area contributed by atoms with E-state index in [9.17, 15) is 0 Å². The maximum absolute atomic E-state index is 5.92. The molecule has 2 heteroatoms. The Kier molecular flexibility index (Phi) is 5.87. The zero-order valence-corrected chi connectivity index (χ0v) is 12.3. The van der Waals surface area contributed by atoms with E-state index in [0.29, 0.717) is 6.04 Å². The summed E-state index contributed by atoms with van der Waals surface area (Å²) in [5.74, 6) is 0.806.